The molecular weight excluding hydrogens is 268 g/mol. The van der Waals surface area contributed by atoms with Gasteiger partial charge in [0.25, 0.3) is 0 Å². The predicted octanol–water partition coefficient (Wildman–Crippen LogP) is 2.28. The van der Waals surface area contributed by atoms with Crippen LogP contribution in [0.5, 0.6) is 11.6 Å². The van der Waals surface area contributed by atoms with Gasteiger partial charge in [0.15, 0.2) is 11.4 Å². The van der Waals surface area contributed by atoms with Gasteiger partial charge in [0.1, 0.15) is 10.9 Å². The molecule has 0 fully saturated rings. The Morgan fingerprint density at radius 2 is 2.00 bits per heavy atom. The molecule has 102 valence electrons. The van der Waals surface area contributed by atoms with Crippen molar-refractivity contribution in [2.24, 2.45) is 0 Å². The van der Waals surface area contributed by atoms with E-state index in [0.29, 0.717) is 22.7 Å². The van der Waals surface area contributed by atoms with Crippen LogP contribution in [0.15, 0.2) is 42.7 Å². The van der Waals surface area contributed by atoms with Gasteiger partial charge in [0, 0.05) is 11.6 Å². The van der Waals surface area contributed by atoms with Crippen LogP contribution in [0.1, 0.15) is 0 Å². The van der Waals surface area contributed by atoms with Crippen LogP contribution in [0.25, 0.3) is 21.9 Å². The minimum absolute atomic E-state index is 0.120. The molecule has 21 heavy (non-hydrogen) atoms. The van der Waals surface area contributed by atoms with E-state index >= 15 is 0 Å². The Balaban J connectivity index is 1.89. The number of nitrogens with zero attached hydrogens (tertiary/aromatic N) is 4. The summed E-state index contributed by atoms with van der Waals surface area (Å²) in [4.78, 5) is 12.5. The first-order valence-corrected chi connectivity index (χ1v) is 6.29. The number of pyridine rings is 1. The average Bonchev–Trinajstić information content (AvgIpc) is 2.96. The number of fused-ring (bicyclic) bond motifs is 2. The highest BCUT2D eigenvalue weighted by atomic mass is 16.5. The Hall–Kier alpha value is -3.22. The maximum Gasteiger partial charge on any atom is 0.235 e. The Morgan fingerprint density at radius 3 is 2.95 bits per heavy atom. The normalized spacial score (nSPS) is 11.0. The summed E-state index contributed by atoms with van der Waals surface area (Å²) in [5, 5.41) is 8.33. The Bertz CT molecular complexity index is 943. The van der Waals surface area contributed by atoms with Crippen molar-refractivity contribution in [3.05, 3.63) is 42.7 Å². The summed E-state index contributed by atoms with van der Waals surface area (Å²) in [7, 11) is 0. The van der Waals surface area contributed by atoms with Crippen LogP contribution in [0, 0.1) is 0 Å². The third kappa shape index (κ3) is 1.91. The van der Waals surface area contributed by atoms with Gasteiger partial charge in [-0.2, -0.15) is 15.1 Å². The molecule has 0 aliphatic rings. The number of rotatable bonds is 2. The highest BCUT2D eigenvalue weighted by molar-refractivity contribution is 5.86. The zero-order chi connectivity index (χ0) is 14.2. The lowest BCUT2D eigenvalue weighted by Crippen LogP contribution is -1.98. The van der Waals surface area contributed by atoms with Gasteiger partial charge in [0.2, 0.25) is 11.8 Å². The number of para-hydroxylation sites is 1. The first-order valence-electron chi connectivity index (χ1n) is 6.29. The third-order valence-electron chi connectivity index (χ3n) is 3.09. The Labute approximate surface area is 118 Å². The number of benzene rings is 1. The zero-order valence-electron chi connectivity index (χ0n) is 10.8. The van der Waals surface area contributed by atoms with Crippen molar-refractivity contribution < 1.29 is 4.74 Å². The van der Waals surface area contributed by atoms with E-state index in [2.05, 4.69) is 25.1 Å². The highest BCUT2D eigenvalue weighted by Gasteiger charge is 2.12. The van der Waals surface area contributed by atoms with Crippen molar-refractivity contribution in [2.45, 2.75) is 0 Å². The number of hydrogen-bond donors (Lipinski definition) is 2. The lowest BCUT2D eigenvalue weighted by molar-refractivity contribution is 0.473. The molecule has 0 aliphatic carbocycles. The SMILES string of the molecule is Nc1nc(Oc2cccc3cccnc23)c2cn[nH]c2n1. The zero-order valence-corrected chi connectivity index (χ0v) is 10.8. The summed E-state index contributed by atoms with van der Waals surface area (Å²) in [6.45, 7) is 0. The maximum absolute atomic E-state index is 5.89. The molecule has 1 aromatic carbocycles. The van der Waals surface area contributed by atoms with Gasteiger partial charge in [-0.1, -0.05) is 18.2 Å². The van der Waals surface area contributed by atoms with E-state index in [9.17, 15) is 0 Å². The van der Waals surface area contributed by atoms with Crippen LogP contribution in [-0.2, 0) is 0 Å². The summed E-state index contributed by atoms with van der Waals surface area (Å²) in [5.41, 5.74) is 6.98. The molecule has 4 aromatic rings. The number of nitrogens with two attached hydrogens (primary N) is 1. The Kier molecular flexibility index (Phi) is 2.43. The molecule has 3 heterocycles. The number of anilines is 1. The fraction of sp³-hybridized carbons (Fsp3) is 0. The van der Waals surface area contributed by atoms with E-state index in [1.807, 2.05) is 30.3 Å². The summed E-state index contributed by atoms with van der Waals surface area (Å²) in [5.74, 6) is 1.08. The number of H-pyrrole nitrogens is 1. The van der Waals surface area contributed by atoms with Crippen molar-refractivity contribution >= 4 is 27.9 Å². The minimum Gasteiger partial charge on any atom is -0.436 e. The molecule has 0 spiro atoms. The average molecular weight is 278 g/mol. The quantitative estimate of drug-likeness (QED) is 0.583. The third-order valence-corrected chi connectivity index (χ3v) is 3.09. The number of aromatic nitrogens is 5. The van der Waals surface area contributed by atoms with Gasteiger partial charge in [-0.15, -0.1) is 0 Å². The molecule has 7 heteroatoms. The van der Waals surface area contributed by atoms with Crippen molar-refractivity contribution in [3.63, 3.8) is 0 Å². The second-order valence-electron chi connectivity index (χ2n) is 4.45. The maximum atomic E-state index is 5.89. The van der Waals surface area contributed by atoms with Crippen LogP contribution >= 0.6 is 0 Å². The van der Waals surface area contributed by atoms with Gasteiger partial charge in [-0.3, -0.25) is 10.1 Å². The second kappa shape index (κ2) is 4.41. The fourth-order valence-corrected chi connectivity index (χ4v) is 2.17. The number of aromatic amines is 1. The number of ether oxygens (including phenoxy) is 1. The first-order chi connectivity index (χ1) is 10.3. The highest BCUT2D eigenvalue weighted by Crippen LogP contribution is 2.30. The molecule has 7 nitrogen and oxygen atoms in total. The van der Waals surface area contributed by atoms with Crippen LogP contribution in [-0.4, -0.2) is 25.1 Å². The van der Waals surface area contributed by atoms with Gasteiger partial charge >= 0.3 is 0 Å². The van der Waals surface area contributed by atoms with Gasteiger partial charge in [-0.25, -0.2) is 0 Å². The second-order valence-corrected chi connectivity index (χ2v) is 4.45. The molecule has 0 unspecified atom stereocenters. The standard InChI is InChI=1S/C14H10N6O/c15-14-18-12-9(7-17-20-12)13(19-14)21-10-5-1-3-8-4-2-6-16-11(8)10/h1-7H,(H3,15,17,18,19,20). The molecular formula is C14H10N6O. The van der Waals surface area contributed by atoms with E-state index < -0.39 is 0 Å². The van der Waals surface area contributed by atoms with Crippen molar-refractivity contribution in [1.82, 2.24) is 25.1 Å². The molecule has 0 atom stereocenters. The summed E-state index contributed by atoms with van der Waals surface area (Å²) >= 11 is 0. The van der Waals surface area contributed by atoms with Crippen molar-refractivity contribution in [2.75, 3.05) is 5.73 Å². The number of nitrogens with one attached hydrogen (secondary N) is 1. The molecule has 4 rings (SSSR count). The van der Waals surface area contributed by atoms with E-state index in [4.69, 9.17) is 10.5 Å². The molecule has 0 bridgehead atoms. The number of hydrogen-bond acceptors (Lipinski definition) is 6. The van der Waals surface area contributed by atoms with Crippen molar-refractivity contribution in [3.8, 4) is 11.6 Å². The summed E-state index contributed by atoms with van der Waals surface area (Å²) in [6, 6.07) is 9.55. The van der Waals surface area contributed by atoms with E-state index in [-0.39, 0.29) is 5.95 Å². The molecule has 0 radical (unpaired) electrons. The van der Waals surface area contributed by atoms with Gasteiger partial charge < -0.3 is 10.5 Å². The number of nitrogen functional groups attached to an aromatic ring is 1. The lowest BCUT2D eigenvalue weighted by Gasteiger charge is -2.08. The molecule has 0 saturated heterocycles. The summed E-state index contributed by atoms with van der Waals surface area (Å²) in [6.07, 6.45) is 3.32. The lowest BCUT2D eigenvalue weighted by atomic mass is 10.2. The molecule has 0 aliphatic heterocycles. The van der Waals surface area contributed by atoms with Crippen LogP contribution < -0.4 is 10.5 Å². The molecule has 0 saturated carbocycles. The predicted molar refractivity (Wildman–Crippen MR) is 77.9 cm³/mol. The van der Waals surface area contributed by atoms with Gasteiger partial charge in [-0.05, 0) is 12.1 Å². The fourth-order valence-electron chi connectivity index (χ4n) is 2.17. The largest absolute Gasteiger partial charge is 0.436 e. The van der Waals surface area contributed by atoms with Crippen LogP contribution in [0.4, 0.5) is 5.95 Å². The monoisotopic (exact) mass is 278 g/mol. The van der Waals surface area contributed by atoms with Gasteiger partial charge in [0.05, 0.1) is 6.20 Å². The first kappa shape index (κ1) is 11.6. The van der Waals surface area contributed by atoms with E-state index in [0.717, 1.165) is 10.9 Å². The van der Waals surface area contributed by atoms with Crippen molar-refractivity contribution in [1.29, 1.82) is 0 Å². The summed E-state index contributed by atoms with van der Waals surface area (Å²) < 4.78 is 5.89. The molecule has 0 amide bonds. The Morgan fingerprint density at radius 1 is 1.10 bits per heavy atom. The minimum atomic E-state index is 0.120. The van der Waals surface area contributed by atoms with Crippen LogP contribution in [0.2, 0.25) is 0 Å². The van der Waals surface area contributed by atoms with E-state index in [1.54, 1.807) is 12.4 Å². The van der Waals surface area contributed by atoms with Crippen LogP contribution in [0.3, 0.4) is 0 Å². The molecule has 3 aromatic heterocycles. The smallest absolute Gasteiger partial charge is 0.235 e. The topological polar surface area (TPSA) is 103 Å². The van der Waals surface area contributed by atoms with E-state index in [1.165, 1.54) is 0 Å². The molecule has 3 N–H and O–H groups in total.